The summed E-state index contributed by atoms with van der Waals surface area (Å²) in [5, 5.41) is 12.9. The van der Waals surface area contributed by atoms with Gasteiger partial charge in [-0.25, -0.2) is 0 Å². The van der Waals surface area contributed by atoms with Gasteiger partial charge in [-0.1, -0.05) is 35.4 Å². The van der Waals surface area contributed by atoms with Crippen LogP contribution < -0.4 is 11.1 Å². The second kappa shape index (κ2) is 7.72. The van der Waals surface area contributed by atoms with Gasteiger partial charge in [-0.05, 0) is 56.2 Å². The van der Waals surface area contributed by atoms with E-state index in [0.717, 1.165) is 33.6 Å². The molecule has 0 unspecified atom stereocenters. The Bertz CT molecular complexity index is 1100. The number of fused-ring (bicyclic) bond motifs is 3. The molecule has 4 rings (SSSR count). The third kappa shape index (κ3) is 3.43. The molecule has 0 fully saturated rings. The summed E-state index contributed by atoms with van der Waals surface area (Å²) in [7, 11) is 0. The highest BCUT2D eigenvalue weighted by Gasteiger charge is 2.38. The summed E-state index contributed by atoms with van der Waals surface area (Å²) < 4.78 is 0. The molecular weight excluding hydrogens is 400 g/mol. The molecule has 0 aliphatic heterocycles. The average molecular weight is 425 g/mol. The maximum Gasteiger partial charge on any atom is 0.307 e. The molecule has 6 nitrogen and oxygen atoms in total. The van der Waals surface area contributed by atoms with Crippen molar-refractivity contribution in [1.82, 2.24) is 0 Å². The molecule has 0 saturated heterocycles. The Kier molecular flexibility index (Phi) is 5.24. The monoisotopic (exact) mass is 424 g/mol. The van der Waals surface area contributed by atoms with Gasteiger partial charge in [-0.2, -0.15) is 0 Å². The Morgan fingerprint density at radius 2 is 1.73 bits per heavy atom. The van der Waals surface area contributed by atoms with Gasteiger partial charge in [-0.3, -0.25) is 14.4 Å². The smallest absolute Gasteiger partial charge is 0.307 e. The zero-order chi connectivity index (χ0) is 21.6. The van der Waals surface area contributed by atoms with Gasteiger partial charge in [0.2, 0.25) is 5.91 Å². The van der Waals surface area contributed by atoms with Crippen LogP contribution in [0.4, 0.5) is 5.00 Å². The Hall–Kier alpha value is -2.93. The van der Waals surface area contributed by atoms with Crippen LogP contribution in [0.2, 0.25) is 0 Å². The molecule has 4 N–H and O–H groups in total. The lowest BCUT2D eigenvalue weighted by Gasteiger charge is -2.29. The number of benzene rings is 1. The Labute approximate surface area is 178 Å². The first-order valence-electron chi connectivity index (χ1n) is 10.0. The van der Waals surface area contributed by atoms with Crippen LogP contribution >= 0.6 is 11.3 Å². The van der Waals surface area contributed by atoms with Crippen molar-refractivity contribution in [3.05, 3.63) is 52.1 Å². The number of carbonyl (C=O) groups is 3. The fourth-order valence-corrected chi connectivity index (χ4v) is 5.84. The lowest BCUT2D eigenvalue weighted by molar-refractivity contribution is -0.146. The predicted octanol–water partition coefficient (Wildman–Crippen LogP) is 4.00. The van der Waals surface area contributed by atoms with E-state index < -0.39 is 23.7 Å². The van der Waals surface area contributed by atoms with Crippen molar-refractivity contribution < 1.29 is 19.5 Å². The highest BCUT2D eigenvalue weighted by Crippen LogP contribution is 2.45. The largest absolute Gasteiger partial charge is 0.481 e. The van der Waals surface area contributed by atoms with Crippen molar-refractivity contribution in [1.29, 1.82) is 0 Å². The number of allylic oxidation sites excluding steroid dienone is 2. The lowest BCUT2D eigenvalue weighted by atomic mass is 9.76. The summed E-state index contributed by atoms with van der Waals surface area (Å²) in [6.45, 7) is 3.85. The number of aliphatic carboxylic acids is 1. The number of aryl methyl sites for hydroxylation is 1. The number of thiophene rings is 1. The Morgan fingerprint density at radius 3 is 2.40 bits per heavy atom. The van der Waals surface area contributed by atoms with Gasteiger partial charge in [0.15, 0.2) is 0 Å². The zero-order valence-corrected chi connectivity index (χ0v) is 17.8. The van der Waals surface area contributed by atoms with Crippen molar-refractivity contribution in [3.63, 3.8) is 0 Å². The molecule has 30 heavy (non-hydrogen) atoms. The van der Waals surface area contributed by atoms with Crippen LogP contribution in [0.1, 0.15) is 48.2 Å². The number of nitrogens with two attached hydrogens (primary N) is 1. The van der Waals surface area contributed by atoms with E-state index in [9.17, 15) is 19.5 Å². The van der Waals surface area contributed by atoms with E-state index in [-0.39, 0.29) is 5.91 Å². The summed E-state index contributed by atoms with van der Waals surface area (Å²) in [5.41, 5.74) is 11.2. The highest BCUT2D eigenvalue weighted by atomic mass is 32.1. The molecule has 156 valence electrons. The van der Waals surface area contributed by atoms with Gasteiger partial charge in [0.25, 0.3) is 5.91 Å². The maximum atomic E-state index is 13.1. The number of amides is 2. The van der Waals surface area contributed by atoms with E-state index in [2.05, 4.69) is 11.4 Å². The average Bonchev–Trinajstić information content (AvgIpc) is 3.08. The molecule has 7 heteroatoms. The molecule has 0 saturated carbocycles. The van der Waals surface area contributed by atoms with Crippen LogP contribution in [0.25, 0.3) is 10.4 Å². The number of nitrogens with one attached hydrogen (secondary N) is 1. The van der Waals surface area contributed by atoms with Crippen molar-refractivity contribution in [2.45, 2.75) is 39.5 Å². The van der Waals surface area contributed by atoms with Crippen LogP contribution in [0, 0.1) is 11.8 Å². The van der Waals surface area contributed by atoms with E-state index in [1.54, 1.807) is 0 Å². The zero-order valence-electron chi connectivity index (χ0n) is 17.0. The van der Waals surface area contributed by atoms with Crippen LogP contribution in [-0.2, 0) is 22.4 Å². The minimum absolute atomic E-state index is 0.351. The molecule has 0 bridgehead atoms. The predicted molar refractivity (Wildman–Crippen MR) is 117 cm³/mol. The van der Waals surface area contributed by atoms with Crippen molar-refractivity contribution >= 4 is 34.1 Å². The fraction of sp³-hybridized carbons (Fsp3) is 0.348. The number of hydrogen-bond donors (Lipinski definition) is 3. The topological polar surface area (TPSA) is 109 Å². The molecule has 2 amide bonds. The molecule has 2 aliphatic carbocycles. The summed E-state index contributed by atoms with van der Waals surface area (Å²) >= 11 is 1.34. The number of carboxylic acid groups (broad SMARTS) is 1. The third-order valence-corrected chi connectivity index (χ3v) is 7.50. The number of rotatable bonds is 4. The first-order chi connectivity index (χ1) is 14.3. The normalized spacial score (nSPS) is 20.3. The maximum absolute atomic E-state index is 13.1. The standard InChI is InChI=1S/C23H24N2O4S/c1-11-9-16(17(23(28)29)10-12(11)2)21(27)25-22-18(20(24)26)15-8-7-13-5-3-4-6-14(13)19(15)30-22/h3-6,16-17H,7-10H2,1-2H3,(H2,24,26)(H,25,27)(H,28,29)/t16-,17+/m0/s1. The van der Waals surface area contributed by atoms with Crippen LogP contribution in [0.5, 0.6) is 0 Å². The molecule has 1 aromatic carbocycles. The lowest BCUT2D eigenvalue weighted by Crippen LogP contribution is -2.36. The number of anilines is 1. The van der Waals surface area contributed by atoms with E-state index in [4.69, 9.17) is 5.73 Å². The fourth-order valence-electron chi connectivity index (χ4n) is 4.52. The second-order valence-electron chi connectivity index (χ2n) is 8.14. The quantitative estimate of drug-likeness (QED) is 0.645. The van der Waals surface area contributed by atoms with Gasteiger partial charge in [0.05, 0.1) is 17.4 Å². The summed E-state index contributed by atoms with van der Waals surface area (Å²) in [6, 6.07) is 8.02. The Morgan fingerprint density at radius 1 is 1.07 bits per heavy atom. The van der Waals surface area contributed by atoms with Crippen molar-refractivity contribution in [2.75, 3.05) is 5.32 Å². The molecule has 0 radical (unpaired) electrons. The van der Waals surface area contributed by atoms with Gasteiger partial charge in [-0.15, -0.1) is 11.3 Å². The van der Waals surface area contributed by atoms with Gasteiger partial charge >= 0.3 is 5.97 Å². The van der Waals surface area contributed by atoms with Crippen LogP contribution in [-0.4, -0.2) is 22.9 Å². The van der Waals surface area contributed by atoms with E-state index in [0.29, 0.717) is 29.8 Å². The van der Waals surface area contributed by atoms with E-state index in [1.165, 1.54) is 16.9 Å². The number of primary amides is 1. The Balaban J connectivity index is 1.70. The first-order valence-corrected chi connectivity index (χ1v) is 10.8. The molecule has 1 heterocycles. The highest BCUT2D eigenvalue weighted by molar-refractivity contribution is 7.20. The van der Waals surface area contributed by atoms with Crippen LogP contribution in [0.3, 0.4) is 0 Å². The summed E-state index contributed by atoms with van der Waals surface area (Å²) in [4.78, 5) is 38.1. The van der Waals surface area contributed by atoms with E-state index >= 15 is 0 Å². The minimum Gasteiger partial charge on any atom is -0.481 e. The van der Waals surface area contributed by atoms with Gasteiger partial charge < -0.3 is 16.2 Å². The third-order valence-electron chi connectivity index (χ3n) is 6.32. The van der Waals surface area contributed by atoms with Gasteiger partial charge in [0, 0.05) is 4.88 Å². The van der Waals surface area contributed by atoms with E-state index in [1.807, 2.05) is 32.0 Å². The first kappa shape index (κ1) is 20.3. The molecule has 2 aromatic rings. The van der Waals surface area contributed by atoms with Crippen molar-refractivity contribution in [2.24, 2.45) is 17.6 Å². The SMILES string of the molecule is CC1=C(C)C[C@@H](C(=O)O)[C@@H](C(=O)Nc2sc3c(c2C(N)=O)CCc2ccccc2-3)C1. The summed E-state index contributed by atoms with van der Waals surface area (Å²) in [6.07, 6.45) is 2.24. The number of carboxylic acids is 1. The van der Waals surface area contributed by atoms with Crippen LogP contribution in [0.15, 0.2) is 35.4 Å². The van der Waals surface area contributed by atoms with Crippen molar-refractivity contribution in [3.8, 4) is 10.4 Å². The molecular formula is C23H24N2O4S. The second-order valence-corrected chi connectivity index (χ2v) is 9.17. The summed E-state index contributed by atoms with van der Waals surface area (Å²) in [5.74, 6) is -3.38. The number of hydrogen-bond acceptors (Lipinski definition) is 4. The van der Waals surface area contributed by atoms with Gasteiger partial charge in [0.1, 0.15) is 5.00 Å². The molecule has 0 spiro atoms. The molecule has 1 aromatic heterocycles. The number of carbonyl (C=O) groups excluding carboxylic acids is 2. The minimum atomic E-state index is -0.975. The molecule has 2 atom stereocenters. The molecule has 2 aliphatic rings.